The molecule has 0 heterocycles. The van der Waals surface area contributed by atoms with Crippen LogP contribution in [-0.2, 0) is 0 Å². The summed E-state index contributed by atoms with van der Waals surface area (Å²) < 4.78 is 0. The average molecular weight is 250 g/mol. The fourth-order valence-electron chi connectivity index (χ4n) is 2.63. The summed E-state index contributed by atoms with van der Waals surface area (Å²) in [7, 11) is 0. The van der Waals surface area contributed by atoms with Crippen molar-refractivity contribution < 1.29 is 5.11 Å². The highest BCUT2D eigenvalue weighted by Gasteiger charge is 2.16. The van der Waals surface area contributed by atoms with Gasteiger partial charge in [-0.3, -0.25) is 0 Å². The zero-order valence-electron chi connectivity index (χ0n) is 12.0. The number of aliphatic hydroxyl groups is 1. The lowest BCUT2D eigenvalue weighted by molar-refractivity contribution is 0.263. The Morgan fingerprint density at radius 2 is 1.78 bits per heavy atom. The second-order valence-corrected chi connectivity index (χ2v) is 5.18. The molecule has 4 N–H and O–H groups in total. The third kappa shape index (κ3) is 3.80. The standard InChI is InChI=1S/C15H26N2O/c1-10-7-11(2)15(12(3)8-10)14(9-16)17-13(4)5-6-18/h7-8,13-14,17-18H,5-6,9,16H2,1-4H3. The number of hydrogen-bond acceptors (Lipinski definition) is 3. The number of aryl methyl sites for hydroxylation is 3. The maximum atomic E-state index is 8.97. The lowest BCUT2D eigenvalue weighted by Gasteiger charge is -2.25. The Balaban J connectivity index is 2.95. The van der Waals surface area contributed by atoms with Crippen molar-refractivity contribution in [3.63, 3.8) is 0 Å². The molecule has 0 aliphatic heterocycles. The van der Waals surface area contributed by atoms with Gasteiger partial charge in [0.2, 0.25) is 0 Å². The molecule has 0 bridgehead atoms. The summed E-state index contributed by atoms with van der Waals surface area (Å²) >= 11 is 0. The molecular weight excluding hydrogens is 224 g/mol. The fraction of sp³-hybridized carbons (Fsp3) is 0.600. The summed E-state index contributed by atoms with van der Waals surface area (Å²) in [4.78, 5) is 0. The lowest BCUT2D eigenvalue weighted by atomic mass is 9.93. The quantitative estimate of drug-likeness (QED) is 0.723. The summed E-state index contributed by atoms with van der Waals surface area (Å²) in [6.07, 6.45) is 0.750. The fourth-order valence-corrected chi connectivity index (χ4v) is 2.63. The van der Waals surface area contributed by atoms with Gasteiger partial charge in [-0.1, -0.05) is 17.7 Å². The Hall–Kier alpha value is -0.900. The zero-order chi connectivity index (χ0) is 13.7. The summed E-state index contributed by atoms with van der Waals surface area (Å²) in [5, 5.41) is 12.5. The van der Waals surface area contributed by atoms with Crippen LogP contribution in [-0.4, -0.2) is 24.3 Å². The van der Waals surface area contributed by atoms with Crippen LogP contribution in [0.4, 0.5) is 0 Å². The third-order valence-electron chi connectivity index (χ3n) is 3.37. The van der Waals surface area contributed by atoms with Crippen molar-refractivity contribution in [2.24, 2.45) is 5.73 Å². The van der Waals surface area contributed by atoms with E-state index >= 15 is 0 Å². The molecule has 18 heavy (non-hydrogen) atoms. The van der Waals surface area contributed by atoms with Crippen molar-refractivity contribution in [3.05, 3.63) is 34.4 Å². The minimum Gasteiger partial charge on any atom is -0.396 e. The number of benzene rings is 1. The van der Waals surface area contributed by atoms with E-state index in [1.807, 2.05) is 0 Å². The van der Waals surface area contributed by atoms with Gasteiger partial charge in [0.1, 0.15) is 0 Å². The predicted octanol–water partition coefficient (Wildman–Crippen LogP) is 1.97. The van der Waals surface area contributed by atoms with E-state index in [4.69, 9.17) is 10.8 Å². The van der Waals surface area contributed by atoms with E-state index in [-0.39, 0.29) is 18.7 Å². The monoisotopic (exact) mass is 250 g/mol. The first-order valence-corrected chi connectivity index (χ1v) is 6.64. The SMILES string of the molecule is Cc1cc(C)c(C(CN)NC(C)CCO)c(C)c1. The molecule has 0 saturated heterocycles. The third-order valence-corrected chi connectivity index (χ3v) is 3.37. The molecule has 0 aromatic heterocycles. The van der Waals surface area contributed by atoms with Gasteiger partial charge in [0.25, 0.3) is 0 Å². The lowest BCUT2D eigenvalue weighted by Crippen LogP contribution is -2.36. The van der Waals surface area contributed by atoms with Gasteiger partial charge in [0.15, 0.2) is 0 Å². The minimum atomic E-state index is 0.159. The maximum Gasteiger partial charge on any atom is 0.0451 e. The summed E-state index contributed by atoms with van der Waals surface area (Å²) in [5.74, 6) is 0. The van der Waals surface area contributed by atoms with Crippen LogP contribution in [0, 0.1) is 20.8 Å². The minimum absolute atomic E-state index is 0.159. The van der Waals surface area contributed by atoms with Crippen molar-refractivity contribution in [1.82, 2.24) is 5.32 Å². The van der Waals surface area contributed by atoms with Gasteiger partial charge in [-0.15, -0.1) is 0 Å². The summed E-state index contributed by atoms with van der Waals surface area (Å²) in [6.45, 7) is 9.24. The van der Waals surface area contributed by atoms with E-state index in [2.05, 4.69) is 45.1 Å². The number of nitrogens with two attached hydrogens (primary N) is 1. The van der Waals surface area contributed by atoms with Crippen LogP contribution in [0.15, 0.2) is 12.1 Å². The molecule has 102 valence electrons. The van der Waals surface area contributed by atoms with Crippen molar-refractivity contribution in [2.75, 3.05) is 13.2 Å². The molecule has 2 unspecified atom stereocenters. The first kappa shape index (κ1) is 15.2. The van der Waals surface area contributed by atoms with Crippen LogP contribution in [0.5, 0.6) is 0 Å². The molecule has 0 aliphatic rings. The van der Waals surface area contributed by atoms with E-state index in [9.17, 15) is 0 Å². The Morgan fingerprint density at radius 3 is 2.22 bits per heavy atom. The number of nitrogens with one attached hydrogen (secondary N) is 1. The first-order valence-electron chi connectivity index (χ1n) is 6.64. The van der Waals surface area contributed by atoms with Crippen LogP contribution in [0.1, 0.15) is 41.6 Å². The van der Waals surface area contributed by atoms with E-state index in [1.54, 1.807) is 0 Å². The number of rotatable bonds is 6. The molecule has 1 aromatic rings. The van der Waals surface area contributed by atoms with Crippen LogP contribution >= 0.6 is 0 Å². The second kappa shape index (κ2) is 6.88. The van der Waals surface area contributed by atoms with E-state index < -0.39 is 0 Å². The van der Waals surface area contributed by atoms with Gasteiger partial charge in [0, 0.05) is 25.2 Å². The van der Waals surface area contributed by atoms with Crippen molar-refractivity contribution in [2.45, 2.75) is 46.2 Å². The molecule has 0 saturated carbocycles. The molecule has 3 heteroatoms. The van der Waals surface area contributed by atoms with Crippen molar-refractivity contribution in [3.8, 4) is 0 Å². The first-order chi connectivity index (χ1) is 8.49. The van der Waals surface area contributed by atoms with Crippen LogP contribution in [0.25, 0.3) is 0 Å². The van der Waals surface area contributed by atoms with Crippen molar-refractivity contribution in [1.29, 1.82) is 0 Å². The molecule has 1 rings (SSSR count). The second-order valence-electron chi connectivity index (χ2n) is 5.18. The molecule has 3 nitrogen and oxygen atoms in total. The van der Waals surface area contributed by atoms with Gasteiger partial charge in [-0.05, 0) is 50.8 Å². The molecule has 0 fully saturated rings. The Labute approximate surface area is 110 Å². The summed E-state index contributed by atoms with van der Waals surface area (Å²) in [6, 6.07) is 4.82. The molecule has 0 amide bonds. The number of hydrogen-bond donors (Lipinski definition) is 3. The van der Waals surface area contributed by atoms with Gasteiger partial charge < -0.3 is 16.2 Å². The normalized spacial score (nSPS) is 14.6. The van der Waals surface area contributed by atoms with Crippen LogP contribution < -0.4 is 11.1 Å². The molecule has 0 aliphatic carbocycles. The highest BCUT2D eigenvalue weighted by molar-refractivity contribution is 5.39. The van der Waals surface area contributed by atoms with Crippen LogP contribution in [0.2, 0.25) is 0 Å². The highest BCUT2D eigenvalue weighted by Crippen LogP contribution is 2.23. The Morgan fingerprint density at radius 1 is 1.22 bits per heavy atom. The smallest absolute Gasteiger partial charge is 0.0451 e. The molecule has 2 atom stereocenters. The molecule has 0 spiro atoms. The largest absolute Gasteiger partial charge is 0.396 e. The molecular formula is C15H26N2O. The topological polar surface area (TPSA) is 58.3 Å². The van der Waals surface area contributed by atoms with E-state index in [0.717, 1.165) is 6.42 Å². The Kier molecular flexibility index (Phi) is 5.79. The van der Waals surface area contributed by atoms with Gasteiger partial charge >= 0.3 is 0 Å². The predicted molar refractivity (Wildman–Crippen MR) is 76.7 cm³/mol. The molecule has 1 aromatic carbocycles. The van der Waals surface area contributed by atoms with E-state index in [1.165, 1.54) is 22.3 Å². The summed E-state index contributed by atoms with van der Waals surface area (Å²) in [5.41, 5.74) is 11.1. The highest BCUT2D eigenvalue weighted by atomic mass is 16.3. The Bertz CT molecular complexity index is 367. The van der Waals surface area contributed by atoms with Crippen molar-refractivity contribution >= 4 is 0 Å². The number of aliphatic hydroxyl groups excluding tert-OH is 1. The van der Waals surface area contributed by atoms with Gasteiger partial charge in [0.05, 0.1) is 0 Å². The van der Waals surface area contributed by atoms with Gasteiger partial charge in [-0.2, -0.15) is 0 Å². The molecule has 0 radical (unpaired) electrons. The van der Waals surface area contributed by atoms with Gasteiger partial charge in [-0.25, -0.2) is 0 Å². The maximum absolute atomic E-state index is 8.97. The van der Waals surface area contributed by atoms with Crippen LogP contribution in [0.3, 0.4) is 0 Å². The van der Waals surface area contributed by atoms with E-state index in [0.29, 0.717) is 6.54 Å². The zero-order valence-corrected chi connectivity index (χ0v) is 12.0. The average Bonchev–Trinajstić information content (AvgIpc) is 2.26.